The molecular weight excluding hydrogens is 476 g/mol. The van der Waals surface area contributed by atoms with Gasteiger partial charge in [-0.05, 0) is 48.0 Å². The standard InChI is InChI=1S/C23H16F4N2O4S/c24-17-7-10-19(11-8-17)34(32,33)14-22(31,16-4-2-1-3-5-16)21(30)29-18-9-6-15(13-28)20(12-18)23(25,26)27/h1-12,31H,14H2,(H,29,30). The Labute approximate surface area is 192 Å². The van der Waals surface area contributed by atoms with Gasteiger partial charge in [-0.1, -0.05) is 30.3 Å². The van der Waals surface area contributed by atoms with Crippen LogP contribution in [0.1, 0.15) is 16.7 Å². The SMILES string of the molecule is N#Cc1ccc(NC(=O)C(O)(CS(=O)(=O)c2ccc(F)cc2)c2ccccc2)cc1C(F)(F)F. The molecule has 0 saturated heterocycles. The van der Waals surface area contributed by atoms with Crippen LogP contribution in [0.2, 0.25) is 0 Å². The fourth-order valence-electron chi connectivity index (χ4n) is 3.18. The van der Waals surface area contributed by atoms with E-state index in [9.17, 15) is 35.9 Å². The van der Waals surface area contributed by atoms with Crippen molar-refractivity contribution in [1.82, 2.24) is 0 Å². The summed E-state index contributed by atoms with van der Waals surface area (Å²) in [6.07, 6.45) is -4.90. The van der Waals surface area contributed by atoms with Crippen LogP contribution in [0.5, 0.6) is 0 Å². The van der Waals surface area contributed by atoms with Gasteiger partial charge in [0.1, 0.15) is 5.82 Å². The molecule has 6 nitrogen and oxygen atoms in total. The van der Waals surface area contributed by atoms with Crippen molar-refractivity contribution in [1.29, 1.82) is 5.26 Å². The van der Waals surface area contributed by atoms with E-state index < -0.39 is 55.9 Å². The highest BCUT2D eigenvalue weighted by Gasteiger charge is 2.43. The van der Waals surface area contributed by atoms with Crippen LogP contribution in [-0.4, -0.2) is 25.2 Å². The van der Waals surface area contributed by atoms with Gasteiger partial charge in [0.15, 0.2) is 15.4 Å². The number of aliphatic hydroxyl groups is 1. The predicted octanol–water partition coefficient (Wildman–Crippen LogP) is 4.02. The quantitative estimate of drug-likeness (QED) is 0.399. The fraction of sp³-hybridized carbons (Fsp3) is 0.130. The molecule has 3 aromatic carbocycles. The fourth-order valence-corrected chi connectivity index (χ4v) is 4.75. The molecular formula is C23H16F4N2O4S. The molecule has 0 saturated carbocycles. The van der Waals surface area contributed by atoms with E-state index in [0.29, 0.717) is 6.07 Å². The van der Waals surface area contributed by atoms with E-state index in [1.165, 1.54) is 30.3 Å². The summed E-state index contributed by atoms with van der Waals surface area (Å²) < 4.78 is 78.8. The van der Waals surface area contributed by atoms with Crippen LogP contribution >= 0.6 is 0 Å². The third kappa shape index (κ3) is 5.24. The van der Waals surface area contributed by atoms with E-state index in [4.69, 9.17) is 5.26 Å². The molecule has 0 aromatic heterocycles. The summed E-state index contributed by atoms with van der Waals surface area (Å²) in [7, 11) is -4.36. The maximum atomic E-state index is 13.3. The number of anilines is 1. The number of hydrogen-bond acceptors (Lipinski definition) is 5. The Hall–Kier alpha value is -3.75. The number of nitrogens with zero attached hydrogens (tertiary/aromatic N) is 1. The number of benzene rings is 3. The first kappa shape index (κ1) is 24.9. The summed E-state index contributed by atoms with van der Waals surface area (Å²) >= 11 is 0. The first-order valence-electron chi connectivity index (χ1n) is 9.56. The lowest BCUT2D eigenvalue weighted by atomic mass is 9.94. The summed E-state index contributed by atoms with van der Waals surface area (Å²) in [4.78, 5) is 12.7. The van der Waals surface area contributed by atoms with Crippen molar-refractivity contribution in [2.45, 2.75) is 16.7 Å². The molecule has 0 aliphatic heterocycles. The Kier molecular flexibility index (Phi) is 6.77. The van der Waals surface area contributed by atoms with E-state index >= 15 is 0 Å². The van der Waals surface area contributed by atoms with Gasteiger partial charge < -0.3 is 10.4 Å². The van der Waals surface area contributed by atoms with E-state index in [2.05, 4.69) is 5.32 Å². The van der Waals surface area contributed by atoms with Gasteiger partial charge in [0.05, 0.1) is 27.8 Å². The van der Waals surface area contributed by atoms with Crippen LogP contribution < -0.4 is 5.32 Å². The highest BCUT2D eigenvalue weighted by molar-refractivity contribution is 7.91. The number of alkyl halides is 3. The molecule has 1 amide bonds. The van der Waals surface area contributed by atoms with Crippen molar-refractivity contribution < 1.29 is 35.9 Å². The Bertz CT molecular complexity index is 1350. The lowest BCUT2D eigenvalue weighted by Crippen LogP contribution is -2.46. The number of carbonyl (C=O) groups excluding carboxylic acids is 1. The number of sulfone groups is 1. The lowest BCUT2D eigenvalue weighted by molar-refractivity contribution is -0.138. The molecule has 2 N–H and O–H groups in total. The minimum Gasteiger partial charge on any atom is -0.374 e. The van der Waals surface area contributed by atoms with Gasteiger partial charge in [0, 0.05) is 5.69 Å². The number of hydrogen-bond donors (Lipinski definition) is 2. The third-order valence-electron chi connectivity index (χ3n) is 4.90. The molecule has 0 radical (unpaired) electrons. The normalized spacial score (nSPS) is 13.5. The number of carbonyl (C=O) groups is 1. The highest BCUT2D eigenvalue weighted by atomic mass is 32.2. The zero-order chi connectivity index (χ0) is 25.1. The third-order valence-corrected chi connectivity index (χ3v) is 6.69. The van der Waals surface area contributed by atoms with Gasteiger partial charge in [-0.2, -0.15) is 18.4 Å². The number of nitrogens with one attached hydrogen (secondary N) is 1. The van der Waals surface area contributed by atoms with Crippen LogP contribution in [0.4, 0.5) is 23.2 Å². The summed E-state index contributed by atoms with van der Waals surface area (Å²) in [6, 6.07) is 14.5. The van der Waals surface area contributed by atoms with Crippen LogP contribution in [-0.2, 0) is 26.4 Å². The molecule has 0 spiro atoms. The van der Waals surface area contributed by atoms with E-state index in [0.717, 1.165) is 36.4 Å². The Morgan fingerprint density at radius 1 is 1.00 bits per heavy atom. The average Bonchev–Trinajstić information content (AvgIpc) is 2.79. The molecule has 34 heavy (non-hydrogen) atoms. The van der Waals surface area contributed by atoms with Gasteiger partial charge in [0.2, 0.25) is 0 Å². The van der Waals surface area contributed by atoms with Crippen molar-refractivity contribution in [3.63, 3.8) is 0 Å². The zero-order valence-corrected chi connectivity index (χ0v) is 18.0. The largest absolute Gasteiger partial charge is 0.417 e. The average molecular weight is 492 g/mol. The number of rotatable bonds is 6. The van der Waals surface area contributed by atoms with Crippen LogP contribution in [0.25, 0.3) is 0 Å². The Balaban J connectivity index is 2.03. The predicted molar refractivity (Wildman–Crippen MR) is 114 cm³/mol. The number of nitriles is 1. The minimum absolute atomic E-state index is 0.136. The van der Waals surface area contributed by atoms with Crippen LogP contribution in [0, 0.1) is 17.1 Å². The molecule has 3 aromatic rings. The van der Waals surface area contributed by atoms with Crippen molar-refractivity contribution in [2.75, 3.05) is 11.1 Å². The van der Waals surface area contributed by atoms with Crippen molar-refractivity contribution >= 4 is 21.4 Å². The summed E-state index contributed by atoms with van der Waals surface area (Å²) in [5, 5.41) is 22.3. The smallest absolute Gasteiger partial charge is 0.374 e. The monoisotopic (exact) mass is 492 g/mol. The van der Waals surface area contributed by atoms with Crippen molar-refractivity contribution in [3.8, 4) is 6.07 Å². The summed E-state index contributed by atoms with van der Waals surface area (Å²) in [6.45, 7) is 0. The second-order valence-corrected chi connectivity index (χ2v) is 9.25. The van der Waals surface area contributed by atoms with E-state index in [-0.39, 0.29) is 10.5 Å². The second kappa shape index (κ2) is 9.24. The second-order valence-electron chi connectivity index (χ2n) is 7.26. The Morgan fingerprint density at radius 3 is 2.18 bits per heavy atom. The van der Waals surface area contributed by atoms with Gasteiger partial charge in [0.25, 0.3) is 5.91 Å². The van der Waals surface area contributed by atoms with E-state index in [1.54, 1.807) is 6.07 Å². The molecule has 0 aliphatic rings. The molecule has 0 heterocycles. The minimum atomic E-state index is -4.90. The van der Waals surface area contributed by atoms with Crippen LogP contribution in [0.3, 0.4) is 0 Å². The maximum Gasteiger partial charge on any atom is 0.417 e. The molecule has 1 atom stereocenters. The molecule has 1 unspecified atom stereocenters. The molecule has 176 valence electrons. The zero-order valence-electron chi connectivity index (χ0n) is 17.2. The lowest BCUT2D eigenvalue weighted by Gasteiger charge is -2.27. The maximum absolute atomic E-state index is 13.3. The molecule has 0 bridgehead atoms. The molecule has 0 aliphatic carbocycles. The van der Waals surface area contributed by atoms with Gasteiger partial charge >= 0.3 is 6.18 Å². The number of amides is 1. The topological polar surface area (TPSA) is 107 Å². The Morgan fingerprint density at radius 2 is 1.62 bits per heavy atom. The van der Waals surface area contributed by atoms with Crippen LogP contribution in [0.15, 0.2) is 77.7 Å². The van der Waals surface area contributed by atoms with Gasteiger partial charge in [-0.15, -0.1) is 0 Å². The highest BCUT2D eigenvalue weighted by Crippen LogP contribution is 2.34. The van der Waals surface area contributed by atoms with E-state index in [1.807, 2.05) is 0 Å². The van der Waals surface area contributed by atoms with Gasteiger partial charge in [-0.25, -0.2) is 12.8 Å². The van der Waals surface area contributed by atoms with Crippen molar-refractivity contribution in [2.24, 2.45) is 0 Å². The van der Waals surface area contributed by atoms with Crippen molar-refractivity contribution in [3.05, 3.63) is 95.3 Å². The molecule has 3 rings (SSSR count). The molecule has 11 heteroatoms. The first-order chi connectivity index (χ1) is 15.9. The molecule has 0 fully saturated rings. The summed E-state index contributed by atoms with van der Waals surface area (Å²) in [5.74, 6) is -3.19. The first-order valence-corrected chi connectivity index (χ1v) is 11.2. The van der Waals surface area contributed by atoms with Gasteiger partial charge in [-0.3, -0.25) is 4.79 Å². The number of halogens is 4. The summed E-state index contributed by atoms with van der Waals surface area (Å²) in [5.41, 5.74) is -5.26.